The first-order valence-corrected chi connectivity index (χ1v) is 5.57. The first kappa shape index (κ1) is 15.5. The smallest absolute Gasteiger partial charge is 0.390 e. The average molecular weight is 284 g/mol. The third kappa shape index (κ3) is 4.27. The maximum atomic E-state index is 11.9. The van der Waals surface area contributed by atoms with Crippen molar-refractivity contribution >= 4 is 12.0 Å². The number of ether oxygens (including phenoxy) is 1. The van der Waals surface area contributed by atoms with E-state index in [9.17, 15) is 22.8 Å². The average Bonchev–Trinajstić information content (AvgIpc) is 2.59. The Kier molecular flexibility index (Phi) is 4.61. The lowest BCUT2D eigenvalue weighted by Gasteiger charge is -2.25. The molecule has 0 radical (unpaired) electrons. The number of amides is 2. The molecule has 1 heterocycles. The number of rotatable bonds is 4. The highest BCUT2D eigenvalue weighted by molar-refractivity contribution is 5.79. The molecule has 0 saturated carbocycles. The van der Waals surface area contributed by atoms with Crippen molar-refractivity contribution in [3.63, 3.8) is 0 Å². The standard InChI is InChI=1S/C10H15F3N2O4/c1-9(7(16)17)5-19-4-6(9)15-8(18)14-3-2-10(11,12)13/h6H,2-5H2,1H3,(H,16,17)(H2,14,15,18). The van der Waals surface area contributed by atoms with E-state index in [1.165, 1.54) is 6.92 Å². The summed E-state index contributed by atoms with van der Waals surface area (Å²) >= 11 is 0. The predicted octanol–water partition coefficient (Wildman–Crippen LogP) is 0.728. The van der Waals surface area contributed by atoms with Crippen molar-refractivity contribution in [3.05, 3.63) is 0 Å². The van der Waals surface area contributed by atoms with Crippen LogP contribution >= 0.6 is 0 Å². The Morgan fingerprint density at radius 1 is 1.47 bits per heavy atom. The molecule has 2 unspecified atom stereocenters. The van der Waals surface area contributed by atoms with Crippen molar-refractivity contribution in [3.8, 4) is 0 Å². The lowest BCUT2D eigenvalue weighted by atomic mass is 9.85. The molecule has 1 aliphatic rings. The minimum atomic E-state index is -4.35. The summed E-state index contributed by atoms with van der Waals surface area (Å²) in [6, 6.07) is -1.62. The van der Waals surface area contributed by atoms with Crippen LogP contribution in [0.4, 0.5) is 18.0 Å². The van der Waals surface area contributed by atoms with Gasteiger partial charge in [-0.05, 0) is 6.92 Å². The molecule has 0 aliphatic carbocycles. The van der Waals surface area contributed by atoms with Gasteiger partial charge >= 0.3 is 18.2 Å². The molecule has 110 valence electrons. The maximum Gasteiger partial charge on any atom is 0.390 e. The second-order valence-corrected chi connectivity index (χ2v) is 4.56. The summed E-state index contributed by atoms with van der Waals surface area (Å²) in [7, 11) is 0. The quantitative estimate of drug-likeness (QED) is 0.710. The van der Waals surface area contributed by atoms with Gasteiger partial charge in [0.1, 0.15) is 5.41 Å². The van der Waals surface area contributed by atoms with Crippen molar-refractivity contribution in [2.75, 3.05) is 19.8 Å². The molecule has 2 amide bonds. The topological polar surface area (TPSA) is 87.7 Å². The molecule has 1 saturated heterocycles. The van der Waals surface area contributed by atoms with Crippen LogP contribution in [0.1, 0.15) is 13.3 Å². The van der Waals surface area contributed by atoms with E-state index in [2.05, 4.69) is 5.32 Å². The Hall–Kier alpha value is -1.51. The van der Waals surface area contributed by atoms with Crippen molar-refractivity contribution in [1.29, 1.82) is 0 Å². The van der Waals surface area contributed by atoms with E-state index in [1.807, 2.05) is 5.32 Å². The first-order valence-electron chi connectivity index (χ1n) is 5.57. The zero-order valence-corrected chi connectivity index (χ0v) is 10.2. The Morgan fingerprint density at radius 2 is 2.11 bits per heavy atom. The van der Waals surface area contributed by atoms with E-state index in [-0.39, 0.29) is 13.2 Å². The molecule has 9 heteroatoms. The molecule has 0 bridgehead atoms. The van der Waals surface area contributed by atoms with Crippen molar-refractivity contribution in [2.24, 2.45) is 5.41 Å². The Balaban J connectivity index is 2.42. The Morgan fingerprint density at radius 3 is 2.63 bits per heavy atom. The van der Waals surface area contributed by atoms with Crippen LogP contribution in [0.15, 0.2) is 0 Å². The molecule has 1 rings (SSSR count). The third-order valence-electron chi connectivity index (χ3n) is 2.94. The van der Waals surface area contributed by atoms with E-state index in [4.69, 9.17) is 9.84 Å². The lowest BCUT2D eigenvalue weighted by Crippen LogP contribution is -2.52. The van der Waals surface area contributed by atoms with Crippen LogP contribution in [-0.4, -0.2) is 49.1 Å². The van der Waals surface area contributed by atoms with Gasteiger partial charge in [0.2, 0.25) is 0 Å². The van der Waals surface area contributed by atoms with E-state index in [0.717, 1.165) is 0 Å². The van der Waals surface area contributed by atoms with Crippen molar-refractivity contribution in [2.45, 2.75) is 25.6 Å². The predicted molar refractivity (Wildman–Crippen MR) is 57.6 cm³/mol. The molecule has 19 heavy (non-hydrogen) atoms. The fraction of sp³-hybridized carbons (Fsp3) is 0.800. The summed E-state index contributed by atoms with van der Waals surface area (Å²) in [4.78, 5) is 22.4. The molecule has 1 aliphatic heterocycles. The van der Waals surface area contributed by atoms with Crippen LogP contribution in [0.25, 0.3) is 0 Å². The largest absolute Gasteiger partial charge is 0.481 e. The van der Waals surface area contributed by atoms with Crippen LogP contribution < -0.4 is 10.6 Å². The number of aliphatic carboxylic acids is 1. The minimum Gasteiger partial charge on any atom is -0.481 e. The molecule has 0 aromatic carbocycles. The fourth-order valence-corrected chi connectivity index (χ4v) is 1.61. The number of carboxylic acid groups (broad SMARTS) is 1. The van der Waals surface area contributed by atoms with Crippen molar-refractivity contribution in [1.82, 2.24) is 10.6 Å². The fourth-order valence-electron chi connectivity index (χ4n) is 1.61. The third-order valence-corrected chi connectivity index (χ3v) is 2.94. The number of alkyl halides is 3. The molecule has 6 nitrogen and oxygen atoms in total. The van der Waals surface area contributed by atoms with Gasteiger partial charge in [0.15, 0.2) is 0 Å². The Labute approximate surface area is 107 Å². The van der Waals surface area contributed by atoms with E-state index >= 15 is 0 Å². The summed E-state index contributed by atoms with van der Waals surface area (Å²) < 4.78 is 40.6. The normalized spacial score (nSPS) is 27.1. The second kappa shape index (κ2) is 5.64. The second-order valence-electron chi connectivity index (χ2n) is 4.56. The van der Waals surface area contributed by atoms with Gasteiger partial charge in [0.05, 0.1) is 25.7 Å². The molecule has 0 aromatic heterocycles. The highest BCUT2D eigenvalue weighted by atomic mass is 19.4. The van der Waals surface area contributed by atoms with Gasteiger partial charge in [-0.3, -0.25) is 4.79 Å². The number of carbonyl (C=O) groups excluding carboxylic acids is 1. The van der Waals surface area contributed by atoms with Crippen LogP contribution in [0.2, 0.25) is 0 Å². The van der Waals surface area contributed by atoms with Gasteiger partial charge in [-0.1, -0.05) is 0 Å². The molecule has 0 spiro atoms. The molecule has 2 atom stereocenters. The van der Waals surface area contributed by atoms with Gasteiger partial charge in [0.25, 0.3) is 0 Å². The van der Waals surface area contributed by atoms with Gasteiger partial charge in [-0.25, -0.2) is 4.79 Å². The van der Waals surface area contributed by atoms with Gasteiger partial charge in [0, 0.05) is 6.54 Å². The maximum absolute atomic E-state index is 11.9. The number of nitrogens with one attached hydrogen (secondary N) is 2. The SMILES string of the molecule is CC1(C(=O)O)COCC1NC(=O)NCCC(F)(F)F. The summed E-state index contributed by atoms with van der Waals surface area (Å²) in [5.74, 6) is -1.13. The number of hydrogen-bond acceptors (Lipinski definition) is 3. The minimum absolute atomic E-state index is 0.00942. The number of urea groups is 1. The molecule has 1 fully saturated rings. The summed E-state index contributed by atoms with van der Waals surface area (Å²) in [5.41, 5.74) is -1.28. The van der Waals surface area contributed by atoms with Crippen LogP contribution in [0.3, 0.4) is 0 Å². The van der Waals surface area contributed by atoms with Crippen LogP contribution in [-0.2, 0) is 9.53 Å². The number of carbonyl (C=O) groups is 2. The highest BCUT2D eigenvalue weighted by Crippen LogP contribution is 2.28. The number of carboxylic acids is 1. The zero-order chi connectivity index (χ0) is 14.7. The Bertz CT molecular complexity index is 361. The van der Waals surface area contributed by atoms with E-state index in [1.54, 1.807) is 0 Å². The van der Waals surface area contributed by atoms with Gasteiger partial charge in [-0.15, -0.1) is 0 Å². The first-order chi connectivity index (χ1) is 8.65. The molecule has 0 aromatic rings. The zero-order valence-electron chi connectivity index (χ0n) is 10.2. The monoisotopic (exact) mass is 284 g/mol. The number of halogens is 3. The van der Waals surface area contributed by atoms with Crippen LogP contribution in [0, 0.1) is 5.41 Å². The summed E-state index contributed by atoms with van der Waals surface area (Å²) in [6.45, 7) is 0.793. The number of hydrogen-bond donors (Lipinski definition) is 3. The van der Waals surface area contributed by atoms with E-state index < -0.39 is 42.6 Å². The lowest BCUT2D eigenvalue weighted by molar-refractivity contribution is -0.148. The molecule has 3 N–H and O–H groups in total. The molecular weight excluding hydrogens is 269 g/mol. The van der Waals surface area contributed by atoms with E-state index in [0.29, 0.717) is 0 Å². The van der Waals surface area contributed by atoms with Gasteiger partial charge in [-0.2, -0.15) is 13.2 Å². The van der Waals surface area contributed by atoms with Crippen LogP contribution in [0.5, 0.6) is 0 Å². The highest BCUT2D eigenvalue weighted by Gasteiger charge is 2.47. The summed E-state index contributed by atoms with van der Waals surface area (Å²) in [6.07, 6.45) is -5.49. The van der Waals surface area contributed by atoms with Gasteiger partial charge < -0.3 is 20.5 Å². The summed E-state index contributed by atoms with van der Waals surface area (Å²) in [5, 5.41) is 13.4. The van der Waals surface area contributed by atoms with Crippen molar-refractivity contribution < 1.29 is 32.6 Å². The molecular formula is C10H15F3N2O4.